The third-order valence-corrected chi connectivity index (χ3v) is 7.74. The van der Waals surface area contributed by atoms with E-state index in [0.29, 0.717) is 17.5 Å². The lowest BCUT2D eigenvalue weighted by Gasteiger charge is -2.37. The maximum atomic E-state index is 13.5. The second-order valence-electron chi connectivity index (χ2n) is 10.6. The third-order valence-electron chi connectivity index (χ3n) is 7.51. The Kier molecular flexibility index (Phi) is 8.01. The topological polar surface area (TPSA) is 27.5 Å². The van der Waals surface area contributed by atoms with Gasteiger partial charge in [0.1, 0.15) is 5.69 Å². The summed E-state index contributed by atoms with van der Waals surface area (Å²) in [5.41, 5.74) is 4.51. The van der Waals surface area contributed by atoms with E-state index in [0.717, 1.165) is 68.9 Å². The summed E-state index contributed by atoms with van der Waals surface area (Å²) in [5, 5.41) is 4.91. The zero-order valence-corrected chi connectivity index (χ0v) is 22.4. The standard InChI is InChI=1S/C29H36ClF2N5/c1-21(2)19-34-14-16-35(17-15-34)24-8-5-22(6-9-24)26-10-7-23(30)18-28(26)36-13-3-4-25(20-36)37-27(29(31)32)11-12-33-37/h5-12,18,21,25,29H,3-4,13-17,19-20H2,1-2H3. The number of piperazine rings is 1. The van der Waals surface area contributed by atoms with Gasteiger partial charge in [0.15, 0.2) is 0 Å². The minimum atomic E-state index is -2.53. The minimum Gasteiger partial charge on any atom is -0.369 e. The summed E-state index contributed by atoms with van der Waals surface area (Å²) in [5.74, 6) is 0.695. The number of anilines is 2. The van der Waals surface area contributed by atoms with E-state index < -0.39 is 6.43 Å². The first kappa shape index (κ1) is 26.0. The van der Waals surface area contributed by atoms with E-state index in [1.165, 1.54) is 22.6 Å². The molecule has 1 aromatic heterocycles. The zero-order valence-electron chi connectivity index (χ0n) is 21.7. The highest BCUT2D eigenvalue weighted by Gasteiger charge is 2.27. The lowest BCUT2D eigenvalue weighted by molar-refractivity contribution is 0.134. The maximum Gasteiger partial charge on any atom is 0.280 e. The Morgan fingerprint density at radius 1 is 0.946 bits per heavy atom. The number of nitrogens with zero attached hydrogens (tertiary/aromatic N) is 5. The van der Waals surface area contributed by atoms with Gasteiger partial charge in [-0.2, -0.15) is 5.10 Å². The molecule has 0 bridgehead atoms. The first-order chi connectivity index (χ1) is 17.9. The Bertz CT molecular complexity index is 1170. The summed E-state index contributed by atoms with van der Waals surface area (Å²) in [7, 11) is 0. The van der Waals surface area contributed by atoms with Crippen LogP contribution in [0.2, 0.25) is 5.02 Å². The molecular weight excluding hydrogens is 492 g/mol. The average Bonchev–Trinajstić information content (AvgIpc) is 3.40. The fourth-order valence-corrected chi connectivity index (χ4v) is 5.91. The SMILES string of the molecule is CC(C)CN1CCN(c2ccc(-c3ccc(Cl)cc3N3CCCC(n4nccc4C(F)F)C3)cc2)CC1. The molecule has 2 fully saturated rings. The van der Waals surface area contributed by atoms with Crippen LogP contribution in [0, 0.1) is 5.92 Å². The normalized spacial score (nSPS) is 19.3. The van der Waals surface area contributed by atoms with Crippen molar-refractivity contribution in [1.29, 1.82) is 0 Å². The first-order valence-corrected chi connectivity index (χ1v) is 13.7. The second-order valence-corrected chi connectivity index (χ2v) is 11.1. The maximum absolute atomic E-state index is 13.5. The number of hydrogen-bond donors (Lipinski definition) is 0. The molecule has 2 saturated heterocycles. The van der Waals surface area contributed by atoms with E-state index in [2.05, 4.69) is 64.0 Å². The van der Waals surface area contributed by atoms with Gasteiger partial charge in [-0.05, 0) is 54.7 Å². The van der Waals surface area contributed by atoms with Crippen molar-refractivity contribution in [3.05, 3.63) is 65.4 Å². The van der Waals surface area contributed by atoms with Crippen molar-refractivity contribution >= 4 is 23.0 Å². The van der Waals surface area contributed by atoms with Crippen molar-refractivity contribution < 1.29 is 8.78 Å². The van der Waals surface area contributed by atoms with Crippen molar-refractivity contribution in [3.63, 3.8) is 0 Å². The molecule has 8 heteroatoms. The number of alkyl halides is 2. The van der Waals surface area contributed by atoms with Crippen LogP contribution in [-0.4, -0.2) is 60.5 Å². The fourth-order valence-electron chi connectivity index (χ4n) is 5.74. The van der Waals surface area contributed by atoms with Gasteiger partial charge in [0, 0.05) is 74.0 Å². The van der Waals surface area contributed by atoms with Crippen molar-refractivity contribution in [1.82, 2.24) is 14.7 Å². The van der Waals surface area contributed by atoms with Crippen LogP contribution in [0.25, 0.3) is 11.1 Å². The lowest BCUT2D eigenvalue weighted by atomic mass is 9.99. The van der Waals surface area contributed by atoms with Crippen LogP contribution in [-0.2, 0) is 0 Å². The molecule has 5 nitrogen and oxygen atoms in total. The molecule has 2 aliphatic rings. The van der Waals surface area contributed by atoms with Gasteiger partial charge >= 0.3 is 0 Å². The molecule has 2 aliphatic heterocycles. The number of aromatic nitrogens is 2. The van der Waals surface area contributed by atoms with Gasteiger partial charge in [0.25, 0.3) is 6.43 Å². The van der Waals surface area contributed by atoms with Gasteiger partial charge in [-0.1, -0.05) is 43.6 Å². The van der Waals surface area contributed by atoms with Crippen LogP contribution < -0.4 is 9.80 Å². The summed E-state index contributed by atoms with van der Waals surface area (Å²) in [6.07, 6.45) is 0.668. The predicted octanol–water partition coefficient (Wildman–Crippen LogP) is 6.76. The van der Waals surface area contributed by atoms with Crippen molar-refractivity contribution in [3.8, 4) is 11.1 Å². The molecule has 5 rings (SSSR count). The number of rotatable bonds is 7. The molecule has 0 aliphatic carbocycles. The van der Waals surface area contributed by atoms with Crippen molar-refractivity contribution in [2.24, 2.45) is 5.92 Å². The van der Waals surface area contributed by atoms with Crippen LogP contribution in [0.4, 0.5) is 20.2 Å². The predicted molar refractivity (Wildman–Crippen MR) is 148 cm³/mol. The van der Waals surface area contributed by atoms with Crippen molar-refractivity contribution in [2.75, 3.05) is 55.6 Å². The van der Waals surface area contributed by atoms with E-state index in [9.17, 15) is 8.78 Å². The Hall–Kier alpha value is -2.64. The smallest absolute Gasteiger partial charge is 0.280 e. The van der Waals surface area contributed by atoms with Crippen LogP contribution in [0.1, 0.15) is 44.9 Å². The Morgan fingerprint density at radius 3 is 2.41 bits per heavy atom. The molecule has 0 saturated carbocycles. The summed E-state index contributed by atoms with van der Waals surface area (Å²) in [4.78, 5) is 7.28. The lowest BCUT2D eigenvalue weighted by Crippen LogP contribution is -2.47. The van der Waals surface area contributed by atoms with Gasteiger partial charge in [-0.25, -0.2) is 8.78 Å². The first-order valence-electron chi connectivity index (χ1n) is 13.3. The third kappa shape index (κ3) is 5.93. The summed E-state index contributed by atoms with van der Waals surface area (Å²) >= 11 is 6.44. The average molecular weight is 528 g/mol. The van der Waals surface area contributed by atoms with E-state index in [1.807, 2.05) is 12.1 Å². The number of benzene rings is 2. The molecule has 1 atom stereocenters. The van der Waals surface area contributed by atoms with Gasteiger partial charge in [0.05, 0.1) is 6.04 Å². The quantitative estimate of drug-likeness (QED) is 0.339. The van der Waals surface area contributed by atoms with Crippen LogP contribution >= 0.6 is 11.6 Å². The van der Waals surface area contributed by atoms with Gasteiger partial charge in [-0.3, -0.25) is 9.58 Å². The molecule has 0 N–H and O–H groups in total. The molecule has 3 heterocycles. The van der Waals surface area contributed by atoms with E-state index in [-0.39, 0.29) is 11.7 Å². The second kappa shape index (κ2) is 11.4. The summed E-state index contributed by atoms with van der Waals surface area (Å²) in [6, 6.07) is 16.1. The molecule has 0 amide bonds. The van der Waals surface area contributed by atoms with Crippen molar-refractivity contribution in [2.45, 2.75) is 39.2 Å². The summed E-state index contributed by atoms with van der Waals surface area (Å²) in [6.45, 7) is 11.5. The molecule has 3 aromatic rings. The highest BCUT2D eigenvalue weighted by molar-refractivity contribution is 6.31. The Labute approximate surface area is 223 Å². The Balaban J connectivity index is 1.34. The van der Waals surface area contributed by atoms with Crippen LogP contribution in [0.15, 0.2) is 54.7 Å². The molecule has 0 spiro atoms. The van der Waals surface area contributed by atoms with Crippen LogP contribution in [0.5, 0.6) is 0 Å². The van der Waals surface area contributed by atoms with E-state index in [1.54, 1.807) is 0 Å². The number of halogens is 3. The molecule has 2 aromatic carbocycles. The molecule has 1 unspecified atom stereocenters. The van der Waals surface area contributed by atoms with Gasteiger partial charge in [0.2, 0.25) is 0 Å². The molecule has 198 valence electrons. The Morgan fingerprint density at radius 2 is 1.70 bits per heavy atom. The molecule has 0 radical (unpaired) electrons. The van der Waals surface area contributed by atoms with Crippen LogP contribution in [0.3, 0.4) is 0 Å². The van der Waals surface area contributed by atoms with Gasteiger partial charge < -0.3 is 9.80 Å². The van der Waals surface area contributed by atoms with Gasteiger partial charge in [-0.15, -0.1) is 0 Å². The van der Waals surface area contributed by atoms with E-state index >= 15 is 0 Å². The zero-order chi connectivity index (χ0) is 25.9. The minimum absolute atomic E-state index is 0.0150. The highest BCUT2D eigenvalue weighted by Crippen LogP contribution is 2.37. The van der Waals surface area contributed by atoms with E-state index in [4.69, 9.17) is 11.6 Å². The summed E-state index contributed by atoms with van der Waals surface area (Å²) < 4.78 is 28.5. The fraction of sp³-hybridized carbons (Fsp3) is 0.483. The monoisotopic (exact) mass is 527 g/mol. The highest BCUT2D eigenvalue weighted by atomic mass is 35.5. The molecular formula is C29H36ClF2N5. The number of piperidine rings is 1. The largest absolute Gasteiger partial charge is 0.369 e. The molecule has 37 heavy (non-hydrogen) atoms. The number of hydrogen-bond acceptors (Lipinski definition) is 4.